The van der Waals surface area contributed by atoms with Crippen LogP contribution in [0.3, 0.4) is 0 Å². The highest BCUT2D eigenvalue weighted by molar-refractivity contribution is 6.77. The number of ether oxygens (including phenoxy) is 1. The number of esters is 1. The van der Waals surface area contributed by atoms with Crippen LogP contribution in [0.5, 0.6) is 0 Å². The summed E-state index contributed by atoms with van der Waals surface area (Å²) in [5.74, 6) is -2.30. The number of methoxy groups -OCH3 is 1. The Kier molecular flexibility index (Phi) is 3.13. The van der Waals surface area contributed by atoms with E-state index in [2.05, 4.69) is 19.6 Å². The van der Waals surface area contributed by atoms with E-state index in [1.807, 2.05) is 12.2 Å². The second kappa shape index (κ2) is 4.22. The summed E-state index contributed by atoms with van der Waals surface area (Å²) in [4.78, 5) is 23.4. The summed E-state index contributed by atoms with van der Waals surface area (Å²) >= 11 is 0. The molecule has 1 N–H and O–H groups in total. The van der Waals surface area contributed by atoms with Crippen LogP contribution >= 0.6 is 0 Å². The maximum Gasteiger partial charge on any atom is 0.310 e. The molecular weight excluding hydrogens is 248 g/mol. The van der Waals surface area contributed by atoms with Crippen LogP contribution in [0.4, 0.5) is 0 Å². The lowest BCUT2D eigenvalue weighted by atomic mass is 9.83. The fourth-order valence-corrected chi connectivity index (χ4v) is 6.78. The van der Waals surface area contributed by atoms with Gasteiger partial charge in [0, 0.05) is 8.07 Å². The van der Waals surface area contributed by atoms with Gasteiger partial charge in [-0.05, 0) is 17.4 Å². The molecule has 0 aromatic carbocycles. The molecule has 0 aromatic heterocycles. The van der Waals surface area contributed by atoms with Crippen molar-refractivity contribution in [2.45, 2.75) is 25.2 Å². The van der Waals surface area contributed by atoms with E-state index in [0.29, 0.717) is 5.54 Å². The quantitative estimate of drug-likeness (QED) is 0.483. The van der Waals surface area contributed by atoms with E-state index in [-0.39, 0.29) is 17.8 Å². The summed E-state index contributed by atoms with van der Waals surface area (Å²) in [6.07, 6.45) is 4.04. The molecule has 1 saturated carbocycles. The van der Waals surface area contributed by atoms with Gasteiger partial charge in [-0.3, -0.25) is 9.59 Å². The van der Waals surface area contributed by atoms with Gasteiger partial charge in [0.1, 0.15) is 0 Å². The average Bonchev–Trinajstić information content (AvgIpc) is 2.81. The SMILES string of the molecule is COC(=O)[C@H]1[C@H]2C=C[C@@H]([C@H]1C(=O)O)[C@H]2[Si](C)(C)C. The minimum Gasteiger partial charge on any atom is -0.481 e. The van der Waals surface area contributed by atoms with E-state index in [1.54, 1.807) is 0 Å². The number of aliphatic carboxylic acids is 1. The second-order valence-corrected chi connectivity index (χ2v) is 11.7. The third kappa shape index (κ3) is 1.81. The first-order chi connectivity index (χ1) is 8.29. The van der Waals surface area contributed by atoms with Crippen molar-refractivity contribution in [2.24, 2.45) is 23.7 Å². The first-order valence-electron chi connectivity index (χ1n) is 6.28. The average molecular weight is 268 g/mol. The molecule has 5 atom stereocenters. The molecule has 2 rings (SSSR count). The first-order valence-corrected chi connectivity index (χ1v) is 9.85. The third-order valence-electron chi connectivity index (χ3n) is 4.36. The summed E-state index contributed by atoms with van der Waals surface area (Å²) in [5, 5.41) is 9.41. The molecule has 0 amide bonds. The minimum atomic E-state index is -1.51. The van der Waals surface area contributed by atoms with Crippen molar-refractivity contribution in [3.05, 3.63) is 12.2 Å². The van der Waals surface area contributed by atoms with Gasteiger partial charge in [-0.2, -0.15) is 0 Å². The molecular formula is C13H20O4Si. The Hall–Kier alpha value is -1.10. The van der Waals surface area contributed by atoms with Gasteiger partial charge in [-0.25, -0.2) is 0 Å². The lowest BCUT2D eigenvalue weighted by molar-refractivity contribution is -0.156. The number of carboxylic acid groups (broad SMARTS) is 1. The lowest BCUT2D eigenvalue weighted by Crippen LogP contribution is -2.33. The van der Waals surface area contributed by atoms with Crippen LogP contribution in [0.2, 0.25) is 25.2 Å². The molecule has 100 valence electrons. The van der Waals surface area contributed by atoms with Crippen LogP contribution < -0.4 is 0 Å². The summed E-state index contributed by atoms with van der Waals surface area (Å²) in [6, 6.07) is 0. The number of rotatable bonds is 3. The zero-order valence-corrected chi connectivity index (χ0v) is 12.2. The molecule has 0 aliphatic heterocycles. The number of hydrogen-bond acceptors (Lipinski definition) is 3. The molecule has 5 heteroatoms. The molecule has 4 nitrogen and oxygen atoms in total. The number of carbonyl (C=O) groups excluding carboxylic acids is 1. The second-order valence-electron chi connectivity index (χ2n) is 6.34. The molecule has 2 aliphatic rings. The van der Waals surface area contributed by atoms with Crippen LogP contribution in [0.25, 0.3) is 0 Å². The first kappa shape index (κ1) is 13.3. The Balaban J connectivity index is 2.40. The topological polar surface area (TPSA) is 63.6 Å². The van der Waals surface area contributed by atoms with Crippen molar-refractivity contribution in [1.29, 1.82) is 0 Å². The van der Waals surface area contributed by atoms with E-state index < -0.39 is 25.9 Å². The number of carboxylic acids is 1. The van der Waals surface area contributed by atoms with Gasteiger partial charge >= 0.3 is 11.9 Å². The van der Waals surface area contributed by atoms with E-state index in [0.717, 1.165) is 0 Å². The van der Waals surface area contributed by atoms with Gasteiger partial charge in [0.05, 0.1) is 18.9 Å². The van der Waals surface area contributed by atoms with Crippen LogP contribution in [-0.2, 0) is 14.3 Å². The number of allylic oxidation sites excluding steroid dienone is 2. The van der Waals surface area contributed by atoms with Crippen molar-refractivity contribution < 1.29 is 19.4 Å². The molecule has 0 heterocycles. The van der Waals surface area contributed by atoms with Crippen LogP contribution in [0.1, 0.15) is 0 Å². The van der Waals surface area contributed by atoms with E-state index in [9.17, 15) is 14.7 Å². The molecule has 1 fully saturated rings. The van der Waals surface area contributed by atoms with Crippen molar-refractivity contribution in [3.8, 4) is 0 Å². The van der Waals surface area contributed by atoms with Gasteiger partial charge < -0.3 is 9.84 Å². The molecule has 0 spiro atoms. The largest absolute Gasteiger partial charge is 0.481 e. The number of fused-ring (bicyclic) bond motifs is 2. The normalized spacial score (nSPS) is 37.9. The summed E-state index contributed by atoms with van der Waals surface area (Å²) < 4.78 is 4.81. The van der Waals surface area contributed by atoms with E-state index in [4.69, 9.17) is 4.74 Å². The number of hydrogen-bond donors (Lipinski definition) is 1. The van der Waals surface area contributed by atoms with Crippen LogP contribution in [-0.4, -0.2) is 32.2 Å². The number of carbonyl (C=O) groups is 2. The van der Waals surface area contributed by atoms with Gasteiger partial charge in [0.25, 0.3) is 0 Å². The minimum absolute atomic E-state index is 0.00302. The standard InChI is InChI=1S/C13H20O4Si/c1-17-13(16)10-8-6-5-7(9(10)12(14)15)11(8)18(2,3)4/h5-11H,1-4H3,(H,14,15)/t7-,8+,9+,10-,11+/m0/s1. The van der Waals surface area contributed by atoms with Crippen LogP contribution in [0.15, 0.2) is 12.2 Å². The maximum absolute atomic E-state index is 11.9. The van der Waals surface area contributed by atoms with Crippen molar-refractivity contribution in [3.63, 3.8) is 0 Å². The smallest absolute Gasteiger partial charge is 0.310 e. The molecule has 0 unspecified atom stereocenters. The highest BCUT2D eigenvalue weighted by Crippen LogP contribution is 2.59. The van der Waals surface area contributed by atoms with Gasteiger partial charge in [-0.15, -0.1) is 0 Å². The van der Waals surface area contributed by atoms with Crippen LogP contribution in [0, 0.1) is 23.7 Å². The van der Waals surface area contributed by atoms with Crippen molar-refractivity contribution in [2.75, 3.05) is 7.11 Å². The van der Waals surface area contributed by atoms with E-state index in [1.165, 1.54) is 7.11 Å². The third-order valence-corrected chi connectivity index (χ3v) is 7.13. The Labute approximate surface area is 108 Å². The maximum atomic E-state index is 11.9. The van der Waals surface area contributed by atoms with Crippen molar-refractivity contribution in [1.82, 2.24) is 0 Å². The Morgan fingerprint density at radius 2 is 1.61 bits per heavy atom. The lowest BCUT2D eigenvalue weighted by Gasteiger charge is -2.29. The fourth-order valence-electron chi connectivity index (χ4n) is 3.83. The summed E-state index contributed by atoms with van der Waals surface area (Å²) in [5.41, 5.74) is 0.336. The Morgan fingerprint density at radius 1 is 1.11 bits per heavy atom. The predicted molar refractivity (Wildman–Crippen MR) is 69.8 cm³/mol. The van der Waals surface area contributed by atoms with Gasteiger partial charge in [0.2, 0.25) is 0 Å². The Bertz CT molecular complexity index is 410. The van der Waals surface area contributed by atoms with Gasteiger partial charge in [-0.1, -0.05) is 31.8 Å². The monoisotopic (exact) mass is 268 g/mol. The molecule has 2 aliphatic carbocycles. The molecule has 0 saturated heterocycles. The van der Waals surface area contributed by atoms with E-state index >= 15 is 0 Å². The Morgan fingerprint density at radius 3 is 2.00 bits per heavy atom. The zero-order valence-electron chi connectivity index (χ0n) is 11.2. The molecule has 2 bridgehead atoms. The highest BCUT2D eigenvalue weighted by Gasteiger charge is 2.60. The fraction of sp³-hybridized carbons (Fsp3) is 0.692. The summed E-state index contributed by atoms with van der Waals surface area (Å²) in [6.45, 7) is 6.72. The molecule has 0 aromatic rings. The molecule has 0 radical (unpaired) electrons. The van der Waals surface area contributed by atoms with Crippen molar-refractivity contribution >= 4 is 20.0 Å². The van der Waals surface area contributed by atoms with Gasteiger partial charge in [0.15, 0.2) is 0 Å². The summed E-state index contributed by atoms with van der Waals surface area (Å²) in [7, 11) is -0.176. The molecule has 18 heavy (non-hydrogen) atoms. The highest BCUT2D eigenvalue weighted by atomic mass is 28.3. The predicted octanol–water partition coefficient (Wildman–Crippen LogP) is 2.00. The zero-order chi connectivity index (χ0) is 13.7.